The summed E-state index contributed by atoms with van der Waals surface area (Å²) in [6.45, 7) is 1.58. The SMILES string of the molecule is CC(=O)Nc1nc(-c2ccc(S(=O)(=O)N3Cc4cc5c(cc4C[C@H]3C(=O)NC(Cc3ccc(-c4ccc(C#N)cc4)cc3)C(=O)O)OC[C@H](c3ccc(OCc4ccc(Cl)c(Cl)c4)cc3)O5)cc2)cs1. The molecule has 70 heavy (non-hydrogen) atoms. The number of benzene rings is 6. The first kappa shape index (κ1) is 47.8. The standard InChI is InChI=1S/C52H41Cl2N5O9S2/c1-30(60)56-52-58-45(29-69-52)36-13-17-41(18-14-36)70(64,65)59-26-39-24-48-47(67-28-49(68-48)37-11-15-40(16-12-37)66-27-33-6-19-42(53)43(54)20-33)23-38(39)22-46(59)50(61)57-44(51(62)63)21-31-2-7-34(8-3-31)35-9-4-32(25-55)5-10-35/h2-20,23-24,29,44,46,49H,21-22,26-28H2,1H3,(H,57,61)(H,62,63)(H,56,58,60)/t44?,46-,49+/m0/s1. The molecule has 3 heterocycles. The summed E-state index contributed by atoms with van der Waals surface area (Å²) >= 11 is 13.4. The Bertz CT molecular complexity index is 3270. The molecule has 1 aromatic heterocycles. The molecular weight excluding hydrogens is 974 g/mol. The molecule has 1 unspecified atom stereocenters. The summed E-state index contributed by atoms with van der Waals surface area (Å²) in [5.74, 6) is -0.938. The van der Waals surface area contributed by atoms with Crippen LogP contribution in [0.2, 0.25) is 10.0 Å². The molecule has 354 valence electrons. The van der Waals surface area contributed by atoms with Gasteiger partial charge in [0.05, 0.1) is 32.3 Å². The third kappa shape index (κ3) is 10.6. The number of ether oxygens (including phenoxy) is 3. The number of hydrogen-bond donors (Lipinski definition) is 3. The number of nitrogens with zero attached hydrogens (tertiary/aromatic N) is 3. The number of fused-ring (bicyclic) bond motifs is 2. The predicted molar refractivity (Wildman–Crippen MR) is 264 cm³/mol. The van der Waals surface area contributed by atoms with E-state index in [0.29, 0.717) is 65.9 Å². The summed E-state index contributed by atoms with van der Waals surface area (Å²) in [7, 11) is -4.43. The maximum atomic E-state index is 14.8. The fourth-order valence-electron chi connectivity index (χ4n) is 8.16. The van der Waals surface area contributed by atoms with Crippen LogP contribution in [0.1, 0.15) is 46.4 Å². The third-order valence-electron chi connectivity index (χ3n) is 11.9. The van der Waals surface area contributed by atoms with Gasteiger partial charge in [0, 0.05) is 30.8 Å². The van der Waals surface area contributed by atoms with Crippen molar-refractivity contribution in [3.63, 3.8) is 0 Å². The number of halogens is 2. The minimum Gasteiger partial charge on any atom is -0.489 e. The molecule has 0 aliphatic carbocycles. The average Bonchev–Trinajstić information content (AvgIpc) is 3.83. The fourth-order valence-corrected chi connectivity index (χ4v) is 10.8. The quantitative estimate of drug-likeness (QED) is 0.0938. The van der Waals surface area contributed by atoms with Crippen LogP contribution in [-0.2, 0) is 50.4 Å². The predicted octanol–water partition coefficient (Wildman–Crippen LogP) is 9.63. The summed E-state index contributed by atoms with van der Waals surface area (Å²) in [6.07, 6.45) is -0.693. The summed E-state index contributed by atoms with van der Waals surface area (Å²) in [5.41, 5.74) is 6.87. The summed E-state index contributed by atoms with van der Waals surface area (Å²) in [6, 6.07) is 35.8. The lowest BCUT2D eigenvalue weighted by atomic mass is 9.93. The van der Waals surface area contributed by atoms with Gasteiger partial charge in [-0.1, -0.05) is 89.9 Å². The average molecular weight is 1010 g/mol. The number of hydrogen-bond acceptors (Lipinski definition) is 11. The number of carbonyl (C=O) groups is 3. The van der Waals surface area contributed by atoms with E-state index in [1.807, 2.05) is 54.6 Å². The summed E-state index contributed by atoms with van der Waals surface area (Å²) in [5, 5.41) is 27.9. The van der Waals surface area contributed by atoms with Crippen LogP contribution < -0.4 is 24.8 Å². The van der Waals surface area contributed by atoms with Crippen molar-refractivity contribution in [1.82, 2.24) is 14.6 Å². The molecule has 0 radical (unpaired) electrons. The van der Waals surface area contributed by atoms with Gasteiger partial charge in [-0.05, 0) is 106 Å². The lowest BCUT2D eigenvalue weighted by Gasteiger charge is -2.37. The largest absolute Gasteiger partial charge is 0.489 e. The number of amides is 2. The van der Waals surface area contributed by atoms with Crippen molar-refractivity contribution in [3.8, 4) is 45.7 Å². The highest BCUT2D eigenvalue weighted by atomic mass is 35.5. The van der Waals surface area contributed by atoms with Crippen LogP contribution in [0.3, 0.4) is 0 Å². The molecule has 6 aromatic carbocycles. The van der Waals surface area contributed by atoms with E-state index in [4.69, 9.17) is 42.7 Å². The van der Waals surface area contributed by atoms with Crippen molar-refractivity contribution in [2.24, 2.45) is 0 Å². The zero-order valence-electron chi connectivity index (χ0n) is 37.1. The number of aromatic nitrogens is 1. The van der Waals surface area contributed by atoms with Crippen LogP contribution in [0.25, 0.3) is 22.4 Å². The second kappa shape index (κ2) is 20.4. The third-order valence-corrected chi connectivity index (χ3v) is 15.2. The monoisotopic (exact) mass is 1010 g/mol. The number of carbonyl (C=O) groups excluding carboxylic acids is 2. The minimum atomic E-state index is -4.43. The Morgan fingerprint density at radius 2 is 1.54 bits per heavy atom. The van der Waals surface area contributed by atoms with Gasteiger partial charge in [-0.15, -0.1) is 11.3 Å². The Kier molecular flexibility index (Phi) is 13.9. The number of carboxylic acids is 1. The van der Waals surface area contributed by atoms with Gasteiger partial charge in [-0.25, -0.2) is 18.2 Å². The van der Waals surface area contributed by atoms with Crippen LogP contribution in [0.15, 0.2) is 138 Å². The van der Waals surface area contributed by atoms with Crippen molar-refractivity contribution in [3.05, 3.63) is 176 Å². The van der Waals surface area contributed by atoms with Crippen molar-refractivity contribution in [2.45, 2.75) is 56.0 Å². The maximum Gasteiger partial charge on any atom is 0.326 e. The molecule has 0 spiro atoms. The highest BCUT2D eigenvalue weighted by molar-refractivity contribution is 7.89. The number of thiazole rings is 1. The molecule has 3 atom stereocenters. The van der Waals surface area contributed by atoms with Crippen molar-refractivity contribution in [2.75, 3.05) is 11.9 Å². The molecule has 2 amide bonds. The van der Waals surface area contributed by atoms with Gasteiger partial charge in [-0.2, -0.15) is 9.57 Å². The molecule has 14 nitrogen and oxygen atoms in total. The van der Waals surface area contributed by atoms with Crippen LogP contribution >= 0.6 is 34.5 Å². The van der Waals surface area contributed by atoms with E-state index in [0.717, 1.165) is 26.6 Å². The minimum absolute atomic E-state index is 0.0825. The number of anilines is 1. The summed E-state index contributed by atoms with van der Waals surface area (Å²) < 4.78 is 49.3. The molecule has 9 rings (SSSR count). The number of rotatable bonds is 14. The Morgan fingerprint density at radius 3 is 2.21 bits per heavy atom. The first-order valence-electron chi connectivity index (χ1n) is 21.8. The lowest BCUT2D eigenvalue weighted by molar-refractivity contribution is -0.142. The normalized spacial score (nSPS) is 15.7. The van der Waals surface area contributed by atoms with Gasteiger partial charge in [0.2, 0.25) is 21.8 Å². The first-order chi connectivity index (χ1) is 33.7. The number of aliphatic carboxylic acids is 1. The van der Waals surface area contributed by atoms with Gasteiger partial charge >= 0.3 is 5.97 Å². The van der Waals surface area contributed by atoms with E-state index in [9.17, 15) is 27.9 Å². The lowest BCUT2D eigenvalue weighted by Crippen LogP contribution is -2.55. The molecule has 0 fully saturated rings. The highest BCUT2D eigenvalue weighted by Gasteiger charge is 2.42. The van der Waals surface area contributed by atoms with Crippen LogP contribution in [0, 0.1) is 11.3 Å². The number of nitriles is 1. The summed E-state index contributed by atoms with van der Waals surface area (Å²) in [4.78, 5) is 43.1. The van der Waals surface area contributed by atoms with E-state index in [-0.39, 0.29) is 43.4 Å². The molecule has 0 saturated carbocycles. The van der Waals surface area contributed by atoms with E-state index in [2.05, 4.69) is 21.7 Å². The van der Waals surface area contributed by atoms with Gasteiger partial charge in [0.15, 0.2) is 22.7 Å². The second-order valence-electron chi connectivity index (χ2n) is 16.6. The molecule has 18 heteroatoms. The van der Waals surface area contributed by atoms with Gasteiger partial charge in [0.1, 0.15) is 31.0 Å². The second-order valence-corrected chi connectivity index (χ2v) is 20.2. The Morgan fingerprint density at radius 1 is 0.871 bits per heavy atom. The Labute approximate surface area is 417 Å². The maximum absolute atomic E-state index is 14.8. The molecular formula is C52H41Cl2N5O9S2. The molecule has 0 saturated heterocycles. The van der Waals surface area contributed by atoms with Crippen LogP contribution in [0.5, 0.6) is 17.2 Å². The fraction of sp³-hybridized carbons (Fsp3) is 0.173. The van der Waals surface area contributed by atoms with Crippen molar-refractivity contribution >= 4 is 67.5 Å². The Balaban J connectivity index is 0.957. The van der Waals surface area contributed by atoms with Crippen molar-refractivity contribution < 1.29 is 42.1 Å². The zero-order chi connectivity index (χ0) is 49.1. The number of carboxylic acid groups (broad SMARTS) is 1. The molecule has 7 aromatic rings. The van der Waals surface area contributed by atoms with E-state index in [1.165, 1.54) is 30.4 Å². The van der Waals surface area contributed by atoms with E-state index in [1.54, 1.807) is 66.0 Å². The number of sulfonamides is 1. The highest BCUT2D eigenvalue weighted by Crippen LogP contribution is 2.42. The Hall–Kier alpha value is -7.26. The first-order valence-corrected chi connectivity index (χ1v) is 24.9. The van der Waals surface area contributed by atoms with E-state index >= 15 is 0 Å². The molecule has 3 N–H and O–H groups in total. The van der Waals surface area contributed by atoms with Gasteiger partial charge < -0.3 is 30.0 Å². The molecule has 0 bridgehead atoms. The topological polar surface area (TPSA) is 197 Å². The van der Waals surface area contributed by atoms with Crippen LogP contribution in [-0.4, -0.2) is 59.3 Å². The molecule has 2 aliphatic heterocycles. The molecule has 2 aliphatic rings. The number of nitrogens with one attached hydrogen (secondary N) is 2. The van der Waals surface area contributed by atoms with E-state index < -0.39 is 40.1 Å². The smallest absolute Gasteiger partial charge is 0.326 e. The van der Waals surface area contributed by atoms with Gasteiger partial charge in [0.25, 0.3) is 0 Å². The van der Waals surface area contributed by atoms with Crippen molar-refractivity contribution in [1.29, 1.82) is 5.26 Å². The zero-order valence-corrected chi connectivity index (χ0v) is 40.2. The van der Waals surface area contributed by atoms with Gasteiger partial charge in [-0.3, -0.25) is 9.59 Å². The van der Waals surface area contributed by atoms with Crippen LogP contribution in [0.4, 0.5) is 5.13 Å².